The van der Waals surface area contributed by atoms with E-state index in [2.05, 4.69) is 17.4 Å². The van der Waals surface area contributed by atoms with Crippen molar-refractivity contribution in [2.75, 3.05) is 6.54 Å². The summed E-state index contributed by atoms with van der Waals surface area (Å²) < 4.78 is 0. The number of hydrogen-bond acceptors (Lipinski definition) is 2. The molecule has 1 aliphatic carbocycles. The van der Waals surface area contributed by atoms with Crippen molar-refractivity contribution >= 4 is 17.5 Å². The molecule has 110 valence electrons. The van der Waals surface area contributed by atoms with Crippen LogP contribution in [-0.2, 0) is 10.2 Å². The molecule has 4 heteroatoms. The summed E-state index contributed by atoms with van der Waals surface area (Å²) in [5, 5.41) is 3.77. The lowest BCUT2D eigenvalue weighted by Gasteiger charge is -2.31. The molecule has 0 saturated heterocycles. The first kappa shape index (κ1) is 15.3. The van der Waals surface area contributed by atoms with Gasteiger partial charge in [0.2, 0.25) is 5.91 Å². The van der Waals surface area contributed by atoms with Crippen molar-refractivity contribution in [3.05, 3.63) is 34.9 Å². The summed E-state index contributed by atoms with van der Waals surface area (Å²) in [7, 11) is 0. The Bertz CT molecular complexity index is 470. The molecule has 2 rings (SSSR count). The van der Waals surface area contributed by atoms with Gasteiger partial charge in [-0.05, 0) is 44.4 Å². The molecule has 0 radical (unpaired) electrons. The van der Waals surface area contributed by atoms with Crippen molar-refractivity contribution in [1.29, 1.82) is 0 Å². The Hall–Kier alpha value is -1.06. The number of hydrogen-bond donors (Lipinski definition) is 2. The Balaban J connectivity index is 2.14. The third-order valence-corrected chi connectivity index (χ3v) is 4.44. The number of rotatable bonds is 4. The van der Waals surface area contributed by atoms with E-state index in [1.807, 2.05) is 12.1 Å². The average molecular weight is 295 g/mol. The molecule has 0 aliphatic heterocycles. The first-order valence-corrected chi connectivity index (χ1v) is 7.55. The van der Waals surface area contributed by atoms with E-state index in [1.165, 1.54) is 18.4 Å². The smallest absolute Gasteiger partial charge is 0.239 e. The zero-order valence-electron chi connectivity index (χ0n) is 12.2. The lowest BCUT2D eigenvalue weighted by Crippen LogP contribution is -2.52. The molecule has 1 aliphatic rings. The maximum absolute atomic E-state index is 12.0. The maximum Gasteiger partial charge on any atom is 0.239 e. The fraction of sp³-hybridized carbons (Fsp3) is 0.562. The number of carbonyl (C=O) groups is 1. The van der Waals surface area contributed by atoms with Crippen LogP contribution in [0.5, 0.6) is 0 Å². The molecule has 0 heterocycles. The quantitative estimate of drug-likeness (QED) is 0.897. The van der Waals surface area contributed by atoms with Crippen LogP contribution < -0.4 is 11.1 Å². The van der Waals surface area contributed by atoms with Gasteiger partial charge in [-0.3, -0.25) is 4.79 Å². The van der Waals surface area contributed by atoms with Gasteiger partial charge in [-0.15, -0.1) is 0 Å². The standard InChI is InChI=1S/C16H23ClN2O/c1-15(2,18)14(20)19-11-16(9-3-4-10-16)12-5-7-13(17)8-6-12/h5-8H,3-4,9-11,18H2,1-2H3,(H,19,20). The molecule has 1 saturated carbocycles. The van der Waals surface area contributed by atoms with E-state index < -0.39 is 5.54 Å². The summed E-state index contributed by atoms with van der Waals surface area (Å²) >= 11 is 5.96. The molecule has 3 N–H and O–H groups in total. The van der Waals surface area contributed by atoms with E-state index in [0.717, 1.165) is 17.9 Å². The zero-order chi connectivity index (χ0) is 14.8. The molecule has 0 unspecified atom stereocenters. The predicted molar refractivity (Wildman–Crippen MR) is 82.9 cm³/mol. The summed E-state index contributed by atoms with van der Waals surface area (Å²) in [4.78, 5) is 12.0. The second-order valence-corrected chi connectivity index (χ2v) is 6.84. The lowest BCUT2D eigenvalue weighted by atomic mass is 9.78. The van der Waals surface area contributed by atoms with Crippen LogP contribution in [-0.4, -0.2) is 18.0 Å². The van der Waals surface area contributed by atoms with Gasteiger partial charge in [-0.2, -0.15) is 0 Å². The van der Waals surface area contributed by atoms with Crippen LogP contribution in [0.2, 0.25) is 5.02 Å². The highest BCUT2D eigenvalue weighted by Gasteiger charge is 2.36. The van der Waals surface area contributed by atoms with Crippen molar-refractivity contribution in [2.24, 2.45) is 5.73 Å². The van der Waals surface area contributed by atoms with Gasteiger partial charge in [0, 0.05) is 17.0 Å². The Kier molecular flexibility index (Phi) is 4.40. The molecule has 1 aromatic carbocycles. The number of carbonyl (C=O) groups excluding carboxylic acids is 1. The van der Waals surface area contributed by atoms with Gasteiger partial charge < -0.3 is 11.1 Å². The summed E-state index contributed by atoms with van der Waals surface area (Å²) in [5.74, 6) is -0.0993. The first-order chi connectivity index (χ1) is 9.33. The molecule has 20 heavy (non-hydrogen) atoms. The topological polar surface area (TPSA) is 55.1 Å². The predicted octanol–water partition coefficient (Wildman–Crippen LogP) is 3.01. The van der Waals surface area contributed by atoms with Gasteiger partial charge >= 0.3 is 0 Å². The highest BCUT2D eigenvalue weighted by molar-refractivity contribution is 6.30. The minimum absolute atomic E-state index is 0.0332. The van der Waals surface area contributed by atoms with E-state index in [1.54, 1.807) is 13.8 Å². The normalized spacial score (nSPS) is 18.0. The van der Waals surface area contributed by atoms with Crippen LogP contribution in [0, 0.1) is 0 Å². The molecule has 1 amide bonds. The molecule has 1 fully saturated rings. The highest BCUT2D eigenvalue weighted by Crippen LogP contribution is 2.40. The Labute approximate surface area is 125 Å². The minimum atomic E-state index is -0.834. The van der Waals surface area contributed by atoms with Gasteiger partial charge in [0.25, 0.3) is 0 Å². The second-order valence-electron chi connectivity index (χ2n) is 6.40. The fourth-order valence-corrected chi connectivity index (χ4v) is 3.03. The summed E-state index contributed by atoms with van der Waals surface area (Å²) in [6.45, 7) is 4.10. The van der Waals surface area contributed by atoms with Gasteiger partial charge in [-0.25, -0.2) is 0 Å². The van der Waals surface area contributed by atoms with Crippen molar-refractivity contribution < 1.29 is 4.79 Å². The van der Waals surface area contributed by atoms with Crippen molar-refractivity contribution in [3.63, 3.8) is 0 Å². The van der Waals surface area contributed by atoms with Crippen LogP contribution in [0.4, 0.5) is 0 Å². The van der Waals surface area contributed by atoms with Gasteiger partial charge in [0.05, 0.1) is 5.54 Å². The number of nitrogens with two attached hydrogens (primary N) is 1. The summed E-state index contributed by atoms with van der Waals surface area (Å²) in [5.41, 5.74) is 6.29. The largest absolute Gasteiger partial charge is 0.354 e. The van der Waals surface area contributed by atoms with Crippen molar-refractivity contribution in [2.45, 2.75) is 50.5 Å². The molecule has 3 nitrogen and oxygen atoms in total. The molecule has 1 aromatic rings. The van der Waals surface area contributed by atoms with Crippen molar-refractivity contribution in [1.82, 2.24) is 5.32 Å². The maximum atomic E-state index is 12.0. The molecule has 0 spiro atoms. The average Bonchev–Trinajstić information content (AvgIpc) is 2.85. The Morgan fingerprint density at radius 3 is 2.35 bits per heavy atom. The van der Waals surface area contributed by atoms with E-state index in [-0.39, 0.29) is 11.3 Å². The second kappa shape index (κ2) is 5.74. The molecule has 0 bridgehead atoms. The van der Waals surface area contributed by atoms with Gasteiger partial charge in [-0.1, -0.05) is 36.6 Å². The third kappa shape index (κ3) is 3.33. The number of halogens is 1. The van der Waals surface area contributed by atoms with Gasteiger partial charge in [0.15, 0.2) is 0 Å². The summed E-state index contributed by atoms with van der Waals surface area (Å²) in [6, 6.07) is 8.00. The molecule has 0 aromatic heterocycles. The molecular formula is C16H23ClN2O. The van der Waals surface area contributed by atoms with E-state index in [4.69, 9.17) is 17.3 Å². The Morgan fingerprint density at radius 2 is 1.85 bits per heavy atom. The zero-order valence-corrected chi connectivity index (χ0v) is 13.0. The van der Waals surface area contributed by atoms with Crippen LogP contribution in [0.1, 0.15) is 45.1 Å². The van der Waals surface area contributed by atoms with Crippen LogP contribution in [0.25, 0.3) is 0 Å². The van der Waals surface area contributed by atoms with Crippen LogP contribution in [0.15, 0.2) is 24.3 Å². The van der Waals surface area contributed by atoms with Crippen LogP contribution in [0.3, 0.4) is 0 Å². The molecule has 0 atom stereocenters. The summed E-state index contributed by atoms with van der Waals surface area (Å²) in [6.07, 6.45) is 4.59. The monoisotopic (exact) mass is 294 g/mol. The third-order valence-electron chi connectivity index (χ3n) is 4.19. The SMILES string of the molecule is CC(C)(N)C(=O)NCC1(c2ccc(Cl)cc2)CCCC1. The van der Waals surface area contributed by atoms with Crippen molar-refractivity contribution in [3.8, 4) is 0 Å². The number of nitrogens with one attached hydrogen (secondary N) is 1. The minimum Gasteiger partial charge on any atom is -0.354 e. The van der Waals surface area contributed by atoms with Crippen LogP contribution >= 0.6 is 11.6 Å². The number of benzene rings is 1. The van der Waals surface area contributed by atoms with E-state index >= 15 is 0 Å². The lowest BCUT2D eigenvalue weighted by molar-refractivity contribution is -0.125. The highest BCUT2D eigenvalue weighted by atomic mass is 35.5. The van der Waals surface area contributed by atoms with Gasteiger partial charge in [0.1, 0.15) is 0 Å². The van der Waals surface area contributed by atoms with E-state index in [0.29, 0.717) is 6.54 Å². The Morgan fingerprint density at radius 1 is 1.30 bits per heavy atom. The fourth-order valence-electron chi connectivity index (χ4n) is 2.90. The molecular weight excluding hydrogens is 272 g/mol. The number of amides is 1. The first-order valence-electron chi connectivity index (χ1n) is 7.17. The van der Waals surface area contributed by atoms with E-state index in [9.17, 15) is 4.79 Å².